The third kappa shape index (κ3) is 4.05. The van der Waals surface area contributed by atoms with E-state index in [4.69, 9.17) is 45.3 Å². The van der Waals surface area contributed by atoms with Crippen molar-refractivity contribution >= 4 is 50.7 Å². The molecule has 2 rings (SSSR count). The Balaban J connectivity index is 2.31. The molecule has 2 aromatic rings. The number of halogens is 4. The first kappa shape index (κ1) is 16.9. The quantitative estimate of drug-likeness (QED) is 0.707. The highest BCUT2D eigenvalue weighted by Crippen LogP contribution is 2.36. The van der Waals surface area contributed by atoms with Crippen molar-refractivity contribution in [3.63, 3.8) is 0 Å². The Hall–Kier alpha value is -0.450. The number of ether oxygens (including phenoxy) is 1. The van der Waals surface area contributed by atoms with E-state index in [0.29, 0.717) is 27.2 Å². The molecule has 0 amide bonds. The average molecular weight is 410 g/mol. The molecule has 0 fully saturated rings. The summed E-state index contributed by atoms with van der Waals surface area (Å²) in [5, 5.41) is 1.64. The minimum absolute atomic E-state index is 0.271. The number of nitrogens with two attached hydrogens (primary N) is 1. The van der Waals surface area contributed by atoms with E-state index in [2.05, 4.69) is 15.9 Å². The molecule has 0 saturated carbocycles. The normalized spacial score (nSPS) is 12.3. The predicted octanol–water partition coefficient (Wildman–Crippen LogP) is 5.66. The minimum atomic E-state index is -0.271. The van der Waals surface area contributed by atoms with E-state index in [1.54, 1.807) is 19.2 Å². The van der Waals surface area contributed by atoms with E-state index in [1.165, 1.54) is 0 Å². The maximum Gasteiger partial charge on any atom is 0.137 e. The Morgan fingerprint density at radius 1 is 1.14 bits per heavy atom. The number of rotatable bonds is 4. The van der Waals surface area contributed by atoms with Gasteiger partial charge >= 0.3 is 0 Å². The summed E-state index contributed by atoms with van der Waals surface area (Å²) in [6, 6.07) is 8.79. The van der Waals surface area contributed by atoms with Gasteiger partial charge in [0.15, 0.2) is 0 Å². The van der Waals surface area contributed by atoms with E-state index >= 15 is 0 Å². The second-order valence-corrected chi connectivity index (χ2v) is 6.67. The summed E-state index contributed by atoms with van der Waals surface area (Å²) in [7, 11) is 1.60. The molecule has 0 spiro atoms. The fourth-order valence-corrected chi connectivity index (χ4v) is 3.42. The lowest BCUT2D eigenvalue weighted by Crippen LogP contribution is -2.14. The summed E-state index contributed by atoms with van der Waals surface area (Å²) in [6.07, 6.45) is 0.597. The molecule has 0 bridgehead atoms. The lowest BCUT2D eigenvalue weighted by Gasteiger charge is -2.18. The second kappa shape index (κ2) is 7.21. The van der Waals surface area contributed by atoms with Crippen LogP contribution in [0.5, 0.6) is 5.75 Å². The van der Waals surface area contributed by atoms with Gasteiger partial charge in [0, 0.05) is 16.6 Å². The van der Waals surface area contributed by atoms with Crippen LogP contribution in [0.25, 0.3) is 0 Å². The molecule has 0 aliphatic rings. The molecular formula is C15H13BrCl3NO. The molecule has 1 atom stereocenters. The van der Waals surface area contributed by atoms with Crippen LogP contribution >= 0.6 is 50.7 Å². The fraction of sp³-hybridized carbons (Fsp3) is 0.200. The van der Waals surface area contributed by atoms with Gasteiger partial charge in [0.1, 0.15) is 5.75 Å². The number of hydrogen-bond acceptors (Lipinski definition) is 2. The Kier molecular flexibility index (Phi) is 5.81. The summed E-state index contributed by atoms with van der Waals surface area (Å²) in [5.74, 6) is 0.687. The zero-order valence-electron chi connectivity index (χ0n) is 11.2. The van der Waals surface area contributed by atoms with Crippen molar-refractivity contribution < 1.29 is 4.74 Å². The fourth-order valence-electron chi connectivity index (χ4n) is 2.10. The van der Waals surface area contributed by atoms with Gasteiger partial charge in [-0.2, -0.15) is 0 Å². The lowest BCUT2D eigenvalue weighted by molar-refractivity contribution is 0.403. The minimum Gasteiger partial charge on any atom is -0.495 e. The van der Waals surface area contributed by atoms with E-state index in [9.17, 15) is 0 Å². The van der Waals surface area contributed by atoms with Gasteiger partial charge in [0.2, 0.25) is 0 Å². The largest absolute Gasteiger partial charge is 0.495 e. The Morgan fingerprint density at radius 3 is 2.48 bits per heavy atom. The topological polar surface area (TPSA) is 35.2 Å². The Bertz CT molecular complexity index is 664. The van der Waals surface area contributed by atoms with Crippen LogP contribution < -0.4 is 10.5 Å². The summed E-state index contributed by atoms with van der Waals surface area (Å²) < 4.78 is 6.18. The Labute approximate surface area is 147 Å². The standard InChI is InChI=1S/C15H13BrCl3NO/c1-21-15-10(6-9(17)7-11(15)16)14(20)5-8-2-3-12(18)13(19)4-8/h2-4,6-7,14H,5,20H2,1H3. The van der Waals surface area contributed by atoms with Gasteiger partial charge in [0.05, 0.1) is 21.6 Å². The molecule has 0 aliphatic carbocycles. The average Bonchev–Trinajstić information content (AvgIpc) is 2.42. The van der Waals surface area contributed by atoms with E-state index in [1.807, 2.05) is 18.2 Å². The van der Waals surface area contributed by atoms with Crippen molar-refractivity contribution in [1.29, 1.82) is 0 Å². The molecule has 2 aromatic carbocycles. The monoisotopic (exact) mass is 407 g/mol. The molecular weight excluding hydrogens is 396 g/mol. The predicted molar refractivity (Wildman–Crippen MR) is 92.8 cm³/mol. The van der Waals surface area contributed by atoms with Crippen molar-refractivity contribution in [2.24, 2.45) is 5.73 Å². The van der Waals surface area contributed by atoms with Crippen molar-refractivity contribution in [1.82, 2.24) is 0 Å². The maximum atomic E-state index is 6.29. The molecule has 0 saturated heterocycles. The van der Waals surface area contributed by atoms with E-state index < -0.39 is 0 Å². The molecule has 0 aliphatic heterocycles. The molecule has 0 aromatic heterocycles. The van der Waals surface area contributed by atoms with Crippen LogP contribution in [0, 0.1) is 0 Å². The Morgan fingerprint density at radius 2 is 1.86 bits per heavy atom. The van der Waals surface area contributed by atoms with Gasteiger partial charge < -0.3 is 10.5 Å². The molecule has 6 heteroatoms. The van der Waals surface area contributed by atoms with Crippen LogP contribution in [0.1, 0.15) is 17.2 Å². The van der Waals surface area contributed by atoms with E-state index in [-0.39, 0.29) is 6.04 Å². The number of benzene rings is 2. The van der Waals surface area contributed by atoms with Crippen molar-refractivity contribution in [3.8, 4) is 5.75 Å². The summed E-state index contributed by atoms with van der Waals surface area (Å²) in [4.78, 5) is 0. The van der Waals surface area contributed by atoms with Crippen molar-refractivity contribution in [2.75, 3.05) is 7.11 Å². The van der Waals surface area contributed by atoms with Gasteiger partial charge in [0.25, 0.3) is 0 Å². The highest BCUT2D eigenvalue weighted by Gasteiger charge is 2.17. The molecule has 1 unspecified atom stereocenters. The van der Waals surface area contributed by atoms with Crippen LogP contribution in [-0.4, -0.2) is 7.11 Å². The van der Waals surface area contributed by atoms with Gasteiger partial charge in [-0.1, -0.05) is 40.9 Å². The van der Waals surface area contributed by atoms with Crippen LogP contribution in [-0.2, 0) is 6.42 Å². The first-order chi connectivity index (χ1) is 9.92. The molecule has 0 heterocycles. The highest BCUT2D eigenvalue weighted by molar-refractivity contribution is 9.10. The molecule has 112 valence electrons. The van der Waals surface area contributed by atoms with Gasteiger partial charge in [-0.05, 0) is 52.2 Å². The summed E-state index contributed by atoms with van der Waals surface area (Å²) in [5.41, 5.74) is 8.13. The first-order valence-corrected chi connectivity index (χ1v) is 8.07. The van der Waals surface area contributed by atoms with Gasteiger partial charge in [-0.3, -0.25) is 0 Å². The number of methoxy groups -OCH3 is 1. The van der Waals surface area contributed by atoms with Crippen LogP contribution in [0.4, 0.5) is 0 Å². The third-order valence-corrected chi connectivity index (χ3v) is 4.63. The molecule has 2 N–H and O–H groups in total. The highest BCUT2D eigenvalue weighted by atomic mass is 79.9. The molecule has 2 nitrogen and oxygen atoms in total. The lowest BCUT2D eigenvalue weighted by atomic mass is 9.99. The zero-order chi connectivity index (χ0) is 15.6. The second-order valence-electron chi connectivity index (χ2n) is 4.57. The van der Waals surface area contributed by atoms with Gasteiger partial charge in [-0.25, -0.2) is 0 Å². The smallest absolute Gasteiger partial charge is 0.137 e. The number of hydrogen-bond donors (Lipinski definition) is 1. The SMILES string of the molecule is COc1c(Br)cc(Cl)cc1C(N)Cc1ccc(Cl)c(Cl)c1. The van der Waals surface area contributed by atoms with Crippen LogP contribution in [0.3, 0.4) is 0 Å². The van der Waals surface area contributed by atoms with Crippen LogP contribution in [0.2, 0.25) is 15.1 Å². The van der Waals surface area contributed by atoms with E-state index in [0.717, 1.165) is 15.6 Å². The summed E-state index contributed by atoms with van der Waals surface area (Å²) in [6.45, 7) is 0. The van der Waals surface area contributed by atoms with Crippen LogP contribution in [0.15, 0.2) is 34.8 Å². The van der Waals surface area contributed by atoms with Gasteiger partial charge in [-0.15, -0.1) is 0 Å². The third-order valence-electron chi connectivity index (χ3n) is 3.08. The van der Waals surface area contributed by atoms with Crippen molar-refractivity contribution in [2.45, 2.75) is 12.5 Å². The summed E-state index contributed by atoms with van der Waals surface area (Å²) >= 11 is 21.5. The maximum absolute atomic E-state index is 6.29. The molecule has 0 radical (unpaired) electrons. The molecule has 21 heavy (non-hydrogen) atoms. The first-order valence-electron chi connectivity index (χ1n) is 6.14. The van der Waals surface area contributed by atoms with Crippen molar-refractivity contribution in [3.05, 3.63) is 61.0 Å². The zero-order valence-corrected chi connectivity index (χ0v) is 15.0.